The summed E-state index contributed by atoms with van der Waals surface area (Å²) in [5.74, 6) is 0. The molecule has 2 rings (SSSR count). The SMILES string of the molecule is CCn1nc(C)cc1CC1=CC(O)CC(C)(C)C1. The number of aromatic nitrogens is 2. The molecule has 3 nitrogen and oxygen atoms in total. The van der Waals surface area contributed by atoms with Crippen LogP contribution < -0.4 is 0 Å². The lowest BCUT2D eigenvalue weighted by Crippen LogP contribution is -2.25. The minimum atomic E-state index is -0.289. The third-order valence-electron chi connectivity index (χ3n) is 3.59. The normalized spacial score (nSPS) is 22.9. The maximum atomic E-state index is 9.93. The molecule has 0 aliphatic heterocycles. The van der Waals surface area contributed by atoms with E-state index in [2.05, 4.69) is 36.6 Å². The van der Waals surface area contributed by atoms with Crippen molar-refractivity contribution in [2.75, 3.05) is 0 Å². The number of hydrogen-bond acceptors (Lipinski definition) is 2. The van der Waals surface area contributed by atoms with Crippen LogP contribution in [0, 0.1) is 12.3 Å². The maximum absolute atomic E-state index is 9.93. The fourth-order valence-corrected chi connectivity index (χ4v) is 3.01. The van der Waals surface area contributed by atoms with Gasteiger partial charge in [0.1, 0.15) is 0 Å². The second kappa shape index (κ2) is 4.88. The summed E-state index contributed by atoms with van der Waals surface area (Å²) in [4.78, 5) is 0. The molecule has 100 valence electrons. The molecule has 0 fully saturated rings. The highest BCUT2D eigenvalue weighted by Crippen LogP contribution is 2.36. The number of aryl methyl sites for hydroxylation is 2. The van der Waals surface area contributed by atoms with Crippen LogP contribution in [0.4, 0.5) is 0 Å². The van der Waals surface area contributed by atoms with Crippen molar-refractivity contribution in [1.82, 2.24) is 9.78 Å². The van der Waals surface area contributed by atoms with Crippen LogP contribution in [0.3, 0.4) is 0 Å². The Kier molecular flexibility index (Phi) is 3.62. The predicted octanol–water partition coefficient (Wildman–Crippen LogP) is 2.86. The minimum Gasteiger partial charge on any atom is -0.389 e. The Balaban J connectivity index is 2.18. The van der Waals surface area contributed by atoms with Crippen molar-refractivity contribution in [3.8, 4) is 0 Å². The van der Waals surface area contributed by atoms with E-state index >= 15 is 0 Å². The van der Waals surface area contributed by atoms with Crippen LogP contribution in [-0.4, -0.2) is 21.0 Å². The summed E-state index contributed by atoms with van der Waals surface area (Å²) in [6, 6.07) is 2.15. The molecule has 1 unspecified atom stereocenters. The molecule has 1 N–H and O–H groups in total. The Hall–Kier alpha value is -1.09. The molecular formula is C15H24N2O. The molecular weight excluding hydrogens is 224 g/mol. The summed E-state index contributed by atoms with van der Waals surface area (Å²) in [6.45, 7) is 9.51. The summed E-state index contributed by atoms with van der Waals surface area (Å²) >= 11 is 0. The Morgan fingerprint density at radius 1 is 1.50 bits per heavy atom. The van der Waals surface area contributed by atoms with Crippen molar-refractivity contribution >= 4 is 0 Å². The number of rotatable bonds is 3. The smallest absolute Gasteiger partial charge is 0.0728 e. The van der Waals surface area contributed by atoms with Crippen LogP contribution in [0.15, 0.2) is 17.7 Å². The topological polar surface area (TPSA) is 38.0 Å². The van der Waals surface area contributed by atoms with Gasteiger partial charge < -0.3 is 5.11 Å². The number of hydrogen-bond donors (Lipinski definition) is 1. The van der Waals surface area contributed by atoms with Gasteiger partial charge in [0.15, 0.2) is 0 Å². The average molecular weight is 248 g/mol. The van der Waals surface area contributed by atoms with Crippen molar-refractivity contribution in [2.24, 2.45) is 5.41 Å². The van der Waals surface area contributed by atoms with Crippen LogP contribution in [0.5, 0.6) is 0 Å². The zero-order valence-corrected chi connectivity index (χ0v) is 11.9. The van der Waals surface area contributed by atoms with Crippen molar-refractivity contribution in [1.29, 1.82) is 0 Å². The molecule has 3 heteroatoms. The summed E-state index contributed by atoms with van der Waals surface area (Å²) < 4.78 is 2.06. The summed E-state index contributed by atoms with van der Waals surface area (Å²) in [5, 5.41) is 14.4. The van der Waals surface area contributed by atoms with Gasteiger partial charge in [-0.3, -0.25) is 4.68 Å². The van der Waals surface area contributed by atoms with E-state index in [1.807, 2.05) is 13.0 Å². The Morgan fingerprint density at radius 2 is 2.22 bits per heavy atom. The van der Waals surface area contributed by atoms with Crippen molar-refractivity contribution in [2.45, 2.75) is 59.6 Å². The van der Waals surface area contributed by atoms with E-state index in [0.717, 1.165) is 31.5 Å². The lowest BCUT2D eigenvalue weighted by Gasteiger charge is -2.32. The number of aliphatic hydroxyl groups excluding tert-OH is 1. The summed E-state index contributed by atoms with van der Waals surface area (Å²) in [5.41, 5.74) is 3.87. The van der Waals surface area contributed by atoms with E-state index in [0.29, 0.717) is 0 Å². The monoisotopic (exact) mass is 248 g/mol. The van der Waals surface area contributed by atoms with Crippen LogP contribution >= 0.6 is 0 Å². The highest BCUT2D eigenvalue weighted by Gasteiger charge is 2.27. The average Bonchev–Trinajstić information content (AvgIpc) is 2.55. The Labute approximate surface area is 110 Å². The predicted molar refractivity (Wildman–Crippen MR) is 73.4 cm³/mol. The van der Waals surface area contributed by atoms with E-state index in [1.165, 1.54) is 11.3 Å². The highest BCUT2D eigenvalue weighted by molar-refractivity contribution is 5.21. The lowest BCUT2D eigenvalue weighted by molar-refractivity contribution is 0.138. The first kappa shape index (κ1) is 13.3. The van der Waals surface area contributed by atoms with Crippen LogP contribution in [0.25, 0.3) is 0 Å². The third kappa shape index (κ3) is 3.02. The van der Waals surface area contributed by atoms with Crippen molar-refractivity contribution < 1.29 is 5.11 Å². The molecule has 1 aliphatic carbocycles. The van der Waals surface area contributed by atoms with Gasteiger partial charge in [0.05, 0.1) is 11.8 Å². The molecule has 1 aromatic heterocycles. The van der Waals surface area contributed by atoms with Gasteiger partial charge in [-0.05, 0) is 38.2 Å². The third-order valence-corrected chi connectivity index (χ3v) is 3.59. The quantitative estimate of drug-likeness (QED) is 0.835. The summed E-state index contributed by atoms with van der Waals surface area (Å²) in [6.07, 6.45) is 4.59. The van der Waals surface area contributed by atoms with Crippen LogP contribution in [-0.2, 0) is 13.0 Å². The molecule has 0 amide bonds. The molecule has 18 heavy (non-hydrogen) atoms. The first-order valence-corrected chi connectivity index (χ1v) is 6.80. The molecule has 0 aromatic carbocycles. The molecule has 1 aliphatic rings. The Bertz CT molecular complexity index is 457. The second-order valence-electron chi connectivity index (χ2n) is 6.21. The molecule has 0 radical (unpaired) electrons. The number of aliphatic hydroxyl groups is 1. The van der Waals surface area contributed by atoms with Gasteiger partial charge in [-0.2, -0.15) is 5.10 Å². The molecule has 0 saturated carbocycles. The van der Waals surface area contributed by atoms with Gasteiger partial charge in [0.2, 0.25) is 0 Å². The van der Waals surface area contributed by atoms with Crippen molar-refractivity contribution in [3.63, 3.8) is 0 Å². The standard InChI is InChI=1S/C15H24N2O/c1-5-17-13(6-11(2)16-17)7-12-8-14(18)10-15(3,4)9-12/h6,8,14,18H,5,7,9-10H2,1-4H3. The van der Waals surface area contributed by atoms with Gasteiger partial charge >= 0.3 is 0 Å². The second-order valence-corrected chi connectivity index (χ2v) is 6.21. The number of allylic oxidation sites excluding steroid dienone is 1. The summed E-state index contributed by atoms with van der Waals surface area (Å²) in [7, 11) is 0. The van der Waals surface area contributed by atoms with E-state index in [1.54, 1.807) is 0 Å². The molecule has 0 saturated heterocycles. The zero-order chi connectivity index (χ0) is 13.3. The molecule has 0 bridgehead atoms. The molecule has 1 heterocycles. The van der Waals surface area contributed by atoms with Crippen LogP contribution in [0.2, 0.25) is 0 Å². The first-order valence-electron chi connectivity index (χ1n) is 6.80. The largest absolute Gasteiger partial charge is 0.389 e. The fourth-order valence-electron chi connectivity index (χ4n) is 3.01. The maximum Gasteiger partial charge on any atom is 0.0728 e. The Morgan fingerprint density at radius 3 is 2.83 bits per heavy atom. The number of nitrogens with zero attached hydrogens (tertiary/aromatic N) is 2. The van der Waals surface area contributed by atoms with Gasteiger partial charge in [0.25, 0.3) is 0 Å². The van der Waals surface area contributed by atoms with Crippen LogP contribution in [0.1, 0.15) is 45.0 Å². The van der Waals surface area contributed by atoms with Gasteiger partial charge in [-0.15, -0.1) is 0 Å². The van der Waals surface area contributed by atoms with E-state index in [9.17, 15) is 5.11 Å². The molecule has 1 atom stereocenters. The van der Waals surface area contributed by atoms with Crippen molar-refractivity contribution in [3.05, 3.63) is 29.1 Å². The minimum absolute atomic E-state index is 0.204. The highest BCUT2D eigenvalue weighted by atomic mass is 16.3. The first-order chi connectivity index (χ1) is 8.39. The van der Waals surface area contributed by atoms with E-state index in [4.69, 9.17) is 0 Å². The molecule has 1 aromatic rings. The fraction of sp³-hybridized carbons (Fsp3) is 0.667. The van der Waals surface area contributed by atoms with Gasteiger partial charge in [0, 0.05) is 18.7 Å². The zero-order valence-electron chi connectivity index (χ0n) is 11.9. The van der Waals surface area contributed by atoms with E-state index < -0.39 is 0 Å². The van der Waals surface area contributed by atoms with E-state index in [-0.39, 0.29) is 11.5 Å². The molecule has 0 spiro atoms. The lowest BCUT2D eigenvalue weighted by atomic mass is 9.75. The van der Waals surface area contributed by atoms with Gasteiger partial charge in [-0.1, -0.05) is 25.5 Å². The van der Waals surface area contributed by atoms with Gasteiger partial charge in [-0.25, -0.2) is 0 Å².